The fraction of sp³-hybridized carbons (Fsp3) is 0.750. The third-order valence-corrected chi connectivity index (χ3v) is 2.21. The minimum atomic E-state index is -1.29. The second-order valence-electron chi connectivity index (χ2n) is 5.39. The number of aliphatic carboxylic acids is 2. The molecule has 0 unspecified atom stereocenters. The van der Waals surface area contributed by atoms with Crippen molar-refractivity contribution in [2.45, 2.75) is 31.8 Å². The van der Waals surface area contributed by atoms with E-state index in [1.54, 1.807) is 0 Å². The molecule has 0 aromatic carbocycles. The second-order valence-corrected chi connectivity index (χ2v) is 5.39. The SMILES string of the molecule is C[N+](C)(C)C[C@@H](CC(=O)[O-])OC(=O)CCCC(=O)[O-].[Li+]. The maximum atomic E-state index is 11.4. The molecule has 7 nitrogen and oxygen atoms in total. The van der Waals surface area contributed by atoms with Crippen LogP contribution in [0.4, 0.5) is 0 Å². The number of rotatable bonds is 9. The molecular formula is C12H20LiNO6. The maximum Gasteiger partial charge on any atom is 1.00 e. The Kier molecular flexibility index (Phi) is 10.4. The van der Waals surface area contributed by atoms with Crippen LogP contribution in [0.1, 0.15) is 25.7 Å². The van der Waals surface area contributed by atoms with Crippen molar-refractivity contribution in [3.05, 3.63) is 0 Å². The Bertz CT molecular complexity index is 339. The number of carboxylic acids is 2. The monoisotopic (exact) mass is 281 g/mol. The molecule has 1 atom stereocenters. The minimum absolute atomic E-state index is 0. The minimum Gasteiger partial charge on any atom is -0.550 e. The molecule has 0 rings (SSSR count). The van der Waals surface area contributed by atoms with Crippen molar-refractivity contribution >= 4 is 17.9 Å². The maximum absolute atomic E-state index is 11.4. The van der Waals surface area contributed by atoms with Crippen molar-refractivity contribution in [1.82, 2.24) is 0 Å². The molecule has 0 saturated carbocycles. The molecule has 0 aromatic heterocycles. The predicted octanol–water partition coefficient (Wildman–Crippen LogP) is -5.33. The first-order chi connectivity index (χ1) is 8.60. The van der Waals surface area contributed by atoms with Gasteiger partial charge in [-0.25, -0.2) is 0 Å². The van der Waals surface area contributed by atoms with Gasteiger partial charge in [-0.3, -0.25) is 4.79 Å². The Balaban J connectivity index is 0. The quantitative estimate of drug-likeness (QED) is 0.237. The van der Waals surface area contributed by atoms with E-state index < -0.39 is 24.0 Å². The molecule has 0 aliphatic carbocycles. The van der Waals surface area contributed by atoms with Crippen LogP contribution in [-0.2, 0) is 19.1 Å². The number of hydrogen-bond donors (Lipinski definition) is 0. The molecule has 0 N–H and O–H groups in total. The van der Waals surface area contributed by atoms with Crippen molar-refractivity contribution < 1.29 is 52.7 Å². The molecule has 0 fully saturated rings. The largest absolute Gasteiger partial charge is 1.00 e. The number of carbonyl (C=O) groups excluding carboxylic acids is 3. The second kappa shape index (κ2) is 9.81. The Morgan fingerprint density at radius 3 is 2.00 bits per heavy atom. The van der Waals surface area contributed by atoms with Crippen LogP contribution in [0.25, 0.3) is 0 Å². The van der Waals surface area contributed by atoms with E-state index in [0.717, 1.165) is 0 Å². The number of esters is 1. The van der Waals surface area contributed by atoms with E-state index in [0.29, 0.717) is 11.0 Å². The van der Waals surface area contributed by atoms with Crippen molar-refractivity contribution in [3.63, 3.8) is 0 Å². The van der Waals surface area contributed by atoms with Gasteiger partial charge in [0, 0.05) is 24.8 Å². The Morgan fingerprint density at radius 2 is 1.60 bits per heavy atom. The Labute approximate surface area is 130 Å². The number of carboxylic acid groups (broad SMARTS) is 2. The summed E-state index contributed by atoms with van der Waals surface area (Å²) in [5.41, 5.74) is 0. The van der Waals surface area contributed by atoms with Gasteiger partial charge in [-0.2, -0.15) is 0 Å². The van der Waals surface area contributed by atoms with Gasteiger partial charge in [0.15, 0.2) is 6.10 Å². The number of likely N-dealkylation sites (N-methyl/N-ethyl adjacent to an activating group) is 1. The van der Waals surface area contributed by atoms with E-state index >= 15 is 0 Å². The van der Waals surface area contributed by atoms with Gasteiger partial charge < -0.3 is 29.0 Å². The van der Waals surface area contributed by atoms with E-state index in [1.807, 2.05) is 21.1 Å². The van der Waals surface area contributed by atoms with Crippen LogP contribution in [0.2, 0.25) is 0 Å². The topological polar surface area (TPSA) is 107 Å². The van der Waals surface area contributed by atoms with Crippen LogP contribution in [-0.4, -0.2) is 56.2 Å². The summed E-state index contributed by atoms with van der Waals surface area (Å²) in [5.74, 6) is -3.13. The number of quaternary nitrogens is 1. The van der Waals surface area contributed by atoms with Crippen molar-refractivity contribution in [2.24, 2.45) is 0 Å². The molecule has 0 spiro atoms. The predicted molar refractivity (Wildman–Crippen MR) is 61.3 cm³/mol. The first-order valence-electron chi connectivity index (χ1n) is 6.00. The van der Waals surface area contributed by atoms with Gasteiger partial charge in [0.2, 0.25) is 0 Å². The third kappa shape index (κ3) is 13.4. The molecule has 0 aromatic rings. The van der Waals surface area contributed by atoms with Crippen LogP contribution in [0.5, 0.6) is 0 Å². The summed E-state index contributed by atoms with van der Waals surface area (Å²) >= 11 is 0. The number of nitrogens with zero attached hydrogens (tertiary/aromatic N) is 1. The molecule has 0 aliphatic rings. The molecule has 0 bridgehead atoms. The van der Waals surface area contributed by atoms with Crippen LogP contribution in [0.3, 0.4) is 0 Å². The zero-order valence-corrected chi connectivity index (χ0v) is 12.5. The van der Waals surface area contributed by atoms with Gasteiger partial charge in [-0.1, -0.05) is 0 Å². The average Bonchev–Trinajstić information content (AvgIpc) is 2.12. The van der Waals surface area contributed by atoms with Crippen LogP contribution in [0, 0.1) is 0 Å². The smallest absolute Gasteiger partial charge is 0.550 e. The van der Waals surface area contributed by atoms with Gasteiger partial charge in [0.1, 0.15) is 6.54 Å². The van der Waals surface area contributed by atoms with Crippen LogP contribution < -0.4 is 29.1 Å². The first kappa shape index (κ1) is 21.3. The van der Waals surface area contributed by atoms with Gasteiger partial charge >= 0.3 is 24.8 Å². The van der Waals surface area contributed by atoms with Crippen molar-refractivity contribution in [2.75, 3.05) is 27.7 Å². The van der Waals surface area contributed by atoms with E-state index in [9.17, 15) is 24.6 Å². The van der Waals surface area contributed by atoms with E-state index in [4.69, 9.17) is 4.74 Å². The molecule has 110 valence electrons. The Morgan fingerprint density at radius 1 is 1.05 bits per heavy atom. The summed E-state index contributed by atoms with van der Waals surface area (Å²) in [7, 11) is 5.52. The van der Waals surface area contributed by atoms with E-state index in [2.05, 4.69) is 0 Å². The zero-order chi connectivity index (χ0) is 15.1. The molecule has 0 amide bonds. The van der Waals surface area contributed by atoms with Crippen LogP contribution >= 0.6 is 0 Å². The van der Waals surface area contributed by atoms with E-state index in [-0.39, 0.29) is 44.5 Å². The molecule has 0 saturated heterocycles. The van der Waals surface area contributed by atoms with Crippen molar-refractivity contribution in [3.8, 4) is 0 Å². The summed E-state index contributed by atoms with van der Waals surface area (Å²) < 4.78 is 5.47. The number of carbonyl (C=O) groups is 3. The Hall–Kier alpha value is -1.03. The number of hydrogen-bond acceptors (Lipinski definition) is 6. The summed E-state index contributed by atoms with van der Waals surface area (Å²) in [6.07, 6.45) is -1.34. The zero-order valence-electron chi connectivity index (χ0n) is 12.5. The normalized spacial score (nSPS) is 12.2. The fourth-order valence-electron chi connectivity index (χ4n) is 1.56. The molecule has 0 radical (unpaired) electrons. The van der Waals surface area contributed by atoms with Crippen LogP contribution in [0.15, 0.2) is 0 Å². The summed E-state index contributed by atoms with van der Waals surface area (Å²) in [6.45, 7) is 0.334. The van der Waals surface area contributed by atoms with Gasteiger partial charge in [-0.15, -0.1) is 0 Å². The fourth-order valence-corrected chi connectivity index (χ4v) is 1.56. The molecule has 0 heterocycles. The van der Waals surface area contributed by atoms with Crippen molar-refractivity contribution in [1.29, 1.82) is 0 Å². The molecule has 8 heteroatoms. The average molecular weight is 281 g/mol. The molecular weight excluding hydrogens is 261 g/mol. The molecule has 20 heavy (non-hydrogen) atoms. The van der Waals surface area contributed by atoms with E-state index in [1.165, 1.54) is 0 Å². The standard InChI is InChI=1S/C12H21NO6.Li/c1-13(2,3)8-9(7-11(16)17)19-12(18)6-4-5-10(14)15;/h9H,4-8H2,1-3H3,(H-,14,15,16,17);/q;+1/p-1/t9-;/m1./s1. The summed E-state index contributed by atoms with van der Waals surface area (Å²) in [6, 6.07) is 0. The first-order valence-corrected chi connectivity index (χ1v) is 6.00. The third-order valence-electron chi connectivity index (χ3n) is 2.21. The van der Waals surface area contributed by atoms with Gasteiger partial charge in [0.05, 0.1) is 21.1 Å². The summed E-state index contributed by atoms with van der Waals surface area (Å²) in [4.78, 5) is 32.2. The van der Waals surface area contributed by atoms with Gasteiger partial charge in [-0.05, 0) is 12.8 Å². The number of ether oxygens (including phenoxy) is 1. The van der Waals surface area contributed by atoms with Gasteiger partial charge in [0.25, 0.3) is 0 Å². The summed E-state index contributed by atoms with van der Waals surface area (Å²) in [5, 5.41) is 20.8. The molecule has 0 aliphatic heterocycles.